The topological polar surface area (TPSA) is 96.0 Å². The van der Waals surface area contributed by atoms with Crippen molar-refractivity contribution in [2.45, 2.75) is 17.7 Å². The number of nitrogens with two attached hydrogens (primary N) is 1. The zero-order valence-electron chi connectivity index (χ0n) is 10.7. The van der Waals surface area contributed by atoms with Crippen LogP contribution in [0.25, 0.3) is 0 Å². The first-order valence-electron chi connectivity index (χ1n) is 6.19. The van der Waals surface area contributed by atoms with Crippen molar-refractivity contribution >= 4 is 27.5 Å². The van der Waals surface area contributed by atoms with Gasteiger partial charge in [-0.15, -0.1) is 0 Å². The van der Waals surface area contributed by atoms with E-state index in [1.807, 2.05) is 0 Å². The van der Waals surface area contributed by atoms with E-state index in [4.69, 9.17) is 22.5 Å². The first kappa shape index (κ1) is 15.1. The van der Waals surface area contributed by atoms with Crippen LogP contribution in [-0.2, 0) is 10.0 Å². The van der Waals surface area contributed by atoms with Crippen LogP contribution in [0.2, 0.25) is 5.02 Å². The molecular weight excluding hydrogens is 302 g/mol. The third kappa shape index (κ3) is 2.89. The maximum Gasteiger partial charge on any atom is 0.244 e. The molecule has 3 N–H and O–H groups in total. The number of oxime groups is 1. The van der Waals surface area contributed by atoms with Gasteiger partial charge in [0.25, 0.3) is 0 Å². The summed E-state index contributed by atoms with van der Waals surface area (Å²) in [6, 6.07) is 6.37. The van der Waals surface area contributed by atoms with E-state index in [-0.39, 0.29) is 21.7 Å². The van der Waals surface area contributed by atoms with E-state index in [9.17, 15) is 8.42 Å². The third-order valence-corrected chi connectivity index (χ3v) is 5.84. The molecule has 0 aliphatic carbocycles. The number of sulfonamides is 1. The van der Waals surface area contributed by atoms with Crippen molar-refractivity contribution in [3.05, 3.63) is 29.3 Å². The Morgan fingerprint density at radius 1 is 1.35 bits per heavy atom. The summed E-state index contributed by atoms with van der Waals surface area (Å²) in [5.74, 6) is 0.0671. The zero-order valence-corrected chi connectivity index (χ0v) is 12.3. The largest absolute Gasteiger partial charge is 0.409 e. The third-order valence-electron chi connectivity index (χ3n) is 3.44. The lowest BCUT2D eigenvalue weighted by Gasteiger charge is -2.30. The number of hydrogen-bond donors (Lipinski definition) is 2. The first-order valence-corrected chi connectivity index (χ1v) is 8.00. The molecule has 6 nitrogen and oxygen atoms in total. The van der Waals surface area contributed by atoms with E-state index in [1.165, 1.54) is 10.4 Å². The van der Waals surface area contributed by atoms with E-state index in [0.717, 1.165) is 0 Å². The fourth-order valence-electron chi connectivity index (χ4n) is 2.27. The van der Waals surface area contributed by atoms with Crippen molar-refractivity contribution in [3.63, 3.8) is 0 Å². The van der Waals surface area contributed by atoms with Gasteiger partial charge in [-0.05, 0) is 25.0 Å². The zero-order chi connectivity index (χ0) is 14.8. The highest BCUT2D eigenvalue weighted by Gasteiger charge is 2.31. The van der Waals surface area contributed by atoms with Crippen molar-refractivity contribution < 1.29 is 13.6 Å². The van der Waals surface area contributed by atoms with Gasteiger partial charge < -0.3 is 10.9 Å². The SMILES string of the molecule is NC(=NO)C1CCN(S(=O)(=O)c2ccccc2Cl)CC1. The van der Waals surface area contributed by atoms with Gasteiger partial charge in [-0.2, -0.15) is 4.31 Å². The number of halogens is 1. The van der Waals surface area contributed by atoms with Crippen LogP contribution in [0.3, 0.4) is 0 Å². The molecule has 0 spiro atoms. The number of piperidine rings is 1. The fraction of sp³-hybridized carbons (Fsp3) is 0.417. The minimum Gasteiger partial charge on any atom is -0.409 e. The molecule has 0 unspecified atom stereocenters. The second kappa shape index (κ2) is 5.99. The predicted molar refractivity (Wildman–Crippen MR) is 76.3 cm³/mol. The standard InChI is InChI=1S/C12H16ClN3O3S/c13-10-3-1-2-4-11(10)20(18,19)16-7-5-9(6-8-16)12(14)15-17/h1-4,9,17H,5-8H2,(H2,14,15). The second-order valence-corrected chi connectivity index (χ2v) is 6.95. The van der Waals surface area contributed by atoms with Crippen molar-refractivity contribution in [1.82, 2.24) is 4.31 Å². The summed E-state index contributed by atoms with van der Waals surface area (Å²) >= 11 is 5.95. The van der Waals surface area contributed by atoms with Gasteiger partial charge in [-0.25, -0.2) is 8.42 Å². The van der Waals surface area contributed by atoms with Crippen molar-refractivity contribution in [2.24, 2.45) is 16.8 Å². The molecule has 1 aliphatic rings. The maximum absolute atomic E-state index is 12.5. The van der Waals surface area contributed by atoms with Crippen LogP contribution < -0.4 is 5.73 Å². The summed E-state index contributed by atoms with van der Waals surface area (Å²) in [6.45, 7) is 0.656. The summed E-state index contributed by atoms with van der Waals surface area (Å²) in [7, 11) is -3.59. The molecule has 1 aromatic rings. The Morgan fingerprint density at radius 3 is 2.50 bits per heavy atom. The maximum atomic E-state index is 12.5. The van der Waals surface area contributed by atoms with E-state index in [2.05, 4.69) is 5.16 Å². The highest BCUT2D eigenvalue weighted by atomic mass is 35.5. The molecule has 1 heterocycles. The molecule has 1 saturated heterocycles. The minimum absolute atomic E-state index is 0.0855. The molecule has 0 saturated carbocycles. The smallest absolute Gasteiger partial charge is 0.244 e. The van der Waals surface area contributed by atoms with Crippen LogP contribution in [0.1, 0.15) is 12.8 Å². The lowest BCUT2D eigenvalue weighted by Crippen LogP contribution is -2.41. The van der Waals surface area contributed by atoms with Gasteiger partial charge >= 0.3 is 0 Å². The molecule has 0 bridgehead atoms. The predicted octanol–water partition coefficient (Wildman–Crippen LogP) is 1.49. The Kier molecular flexibility index (Phi) is 4.52. The van der Waals surface area contributed by atoms with Crippen LogP contribution >= 0.6 is 11.6 Å². The van der Waals surface area contributed by atoms with E-state index in [1.54, 1.807) is 18.2 Å². The van der Waals surface area contributed by atoms with E-state index < -0.39 is 10.0 Å². The van der Waals surface area contributed by atoms with Gasteiger partial charge in [0.15, 0.2) is 0 Å². The Balaban J connectivity index is 2.16. The average molecular weight is 318 g/mol. The number of rotatable bonds is 3. The van der Waals surface area contributed by atoms with Crippen LogP contribution in [0.4, 0.5) is 0 Å². The summed E-state index contributed by atoms with van der Waals surface area (Å²) in [5.41, 5.74) is 5.55. The number of amidine groups is 1. The molecule has 0 atom stereocenters. The molecule has 110 valence electrons. The van der Waals surface area contributed by atoms with Gasteiger partial charge in [0, 0.05) is 19.0 Å². The molecule has 2 rings (SSSR count). The Bertz CT molecular complexity index is 610. The minimum atomic E-state index is -3.59. The Labute approximate surface area is 122 Å². The summed E-state index contributed by atoms with van der Waals surface area (Å²) in [4.78, 5) is 0.115. The van der Waals surface area contributed by atoms with Crippen molar-refractivity contribution in [2.75, 3.05) is 13.1 Å². The second-order valence-electron chi connectivity index (χ2n) is 4.63. The molecule has 0 radical (unpaired) electrons. The molecule has 0 aromatic heterocycles. The van der Waals surface area contributed by atoms with E-state index >= 15 is 0 Å². The summed E-state index contributed by atoms with van der Waals surface area (Å²) < 4.78 is 26.4. The summed E-state index contributed by atoms with van der Waals surface area (Å²) in [5, 5.41) is 11.8. The van der Waals surface area contributed by atoms with Gasteiger partial charge in [0.2, 0.25) is 10.0 Å². The highest BCUT2D eigenvalue weighted by Crippen LogP contribution is 2.27. The molecule has 1 fully saturated rings. The molecule has 0 amide bonds. The highest BCUT2D eigenvalue weighted by molar-refractivity contribution is 7.89. The molecule has 8 heteroatoms. The molecule has 1 aliphatic heterocycles. The molecule has 20 heavy (non-hydrogen) atoms. The van der Waals surface area contributed by atoms with Gasteiger partial charge in [0.1, 0.15) is 10.7 Å². The Morgan fingerprint density at radius 2 is 1.95 bits per heavy atom. The van der Waals surface area contributed by atoms with Crippen LogP contribution in [0.15, 0.2) is 34.3 Å². The molecule has 1 aromatic carbocycles. The molecular formula is C12H16ClN3O3S. The normalized spacial score (nSPS) is 19.1. The quantitative estimate of drug-likeness (QED) is 0.382. The van der Waals surface area contributed by atoms with E-state index in [0.29, 0.717) is 25.9 Å². The number of nitrogens with zero attached hydrogens (tertiary/aromatic N) is 2. The van der Waals surface area contributed by atoms with Crippen molar-refractivity contribution in [3.8, 4) is 0 Å². The van der Waals surface area contributed by atoms with Crippen LogP contribution in [0.5, 0.6) is 0 Å². The monoisotopic (exact) mass is 317 g/mol. The van der Waals surface area contributed by atoms with Gasteiger partial charge in [-0.3, -0.25) is 0 Å². The van der Waals surface area contributed by atoms with Gasteiger partial charge in [-0.1, -0.05) is 28.9 Å². The lowest BCUT2D eigenvalue weighted by molar-refractivity contribution is 0.291. The lowest BCUT2D eigenvalue weighted by atomic mass is 9.97. The van der Waals surface area contributed by atoms with Gasteiger partial charge in [0.05, 0.1) is 5.02 Å². The first-order chi connectivity index (χ1) is 9.46. The van der Waals surface area contributed by atoms with Crippen LogP contribution in [0, 0.1) is 5.92 Å². The fourth-order valence-corrected chi connectivity index (χ4v) is 4.23. The van der Waals surface area contributed by atoms with Crippen molar-refractivity contribution in [1.29, 1.82) is 0 Å². The number of benzene rings is 1. The number of hydrogen-bond acceptors (Lipinski definition) is 4. The average Bonchev–Trinajstić information content (AvgIpc) is 2.47. The summed E-state index contributed by atoms with van der Waals surface area (Å²) in [6.07, 6.45) is 1.05. The van der Waals surface area contributed by atoms with Crippen LogP contribution in [-0.4, -0.2) is 36.9 Å². The Hall–Kier alpha value is -1.31.